The molecule has 0 aliphatic carbocycles. The number of aryl methyl sites for hydroxylation is 1. The van der Waals surface area contributed by atoms with Crippen LogP contribution in [0.4, 0.5) is 0 Å². The van der Waals surface area contributed by atoms with Crippen LogP contribution >= 0.6 is 11.8 Å². The molecule has 0 aromatic heterocycles. The van der Waals surface area contributed by atoms with Gasteiger partial charge in [0, 0.05) is 6.04 Å². The largest absolute Gasteiger partial charge is 0.314 e. The van der Waals surface area contributed by atoms with Crippen LogP contribution in [0.3, 0.4) is 0 Å². The number of benzene rings is 1. The first-order valence-corrected chi connectivity index (χ1v) is 9.39. The smallest absolute Gasteiger partial charge is 0.00728 e. The van der Waals surface area contributed by atoms with Gasteiger partial charge >= 0.3 is 0 Å². The third-order valence-electron chi connectivity index (χ3n) is 4.27. The van der Waals surface area contributed by atoms with Gasteiger partial charge in [-0.1, -0.05) is 37.3 Å². The molecule has 1 unspecified atom stereocenters. The summed E-state index contributed by atoms with van der Waals surface area (Å²) < 4.78 is 0. The summed E-state index contributed by atoms with van der Waals surface area (Å²) in [5.41, 5.74) is 1.48. The van der Waals surface area contributed by atoms with Gasteiger partial charge in [0.1, 0.15) is 0 Å². The van der Waals surface area contributed by atoms with E-state index >= 15 is 0 Å². The normalized spacial score (nSPS) is 18.1. The molecule has 1 aliphatic rings. The van der Waals surface area contributed by atoms with Crippen molar-refractivity contribution in [1.82, 2.24) is 5.32 Å². The molecule has 1 atom stereocenters. The van der Waals surface area contributed by atoms with Crippen LogP contribution < -0.4 is 5.32 Å². The highest BCUT2D eigenvalue weighted by atomic mass is 32.2. The average Bonchev–Trinajstić information content (AvgIpc) is 2.52. The number of thioether (sulfide) groups is 1. The Morgan fingerprint density at radius 3 is 2.65 bits per heavy atom. The zero-order valence-electron chi connectivity index (χ0n) is 12.8. The number of hydrogen-bond donors (Lipinski definition) is 1. The highest BCUT2D eigenvalue weighted by Gasteiger charge is 2.18. The molecule has 0 amide bonds. The Morgan fingerprint density at radius 2 is 1.95 bits per heavy atom. The van der Waals surface area contributed by atoms with Crippen molar-refractivity contribution in [1.29, 1.82) is 0 Å². The molecule has 1 saturated heterocycles. The second kappa shape index (κ2) is 9.46. The molecule has 0 bridgehead atoms. The molecule has 2 rings (SSSR count). The monoisotopic (exact) mass is 291 g/mol. The lowest BCUT2D eigenvalue weighted by atomic mass is 9.91. The first-order chi connectivity index (χ1) is 9.88. The van der Waals surface area contributed by atoms with E-state index in [1.807, 2.05) is 0 Å². The minimum Gasteiger partial charge on any atom is -0.314 e. The quantitative estimate of drug-likeness (QED) is 0.755. The molecule has 1 heterocycles. The standard InChI is InChI=1S/C18H29NS/c1-2-12-19-18(15-17-10-13-20-14-11-17)9-8-16-6-4-3-5-7-16/h3-7,17-19H,2,8-15H2,1H3. The van der Waals surface area contributed by atoms with Gasteiger partial charge in [-0.3, -0.25) is 0 Å². The third kappa shape index (κ3) is 5.88. The second-order valence-corrected chi connectivity index (χ2v) is 7.19. The molecule has 1 nitrogen and oxygen atoms in total. The first-order valence-electron chi connectivity index (χ1n) is 8.23. The summed E-state index contributed by atoms with van der Waals surface area (Å²) in [6.45, 7) is 3.43. The Hall–Kier alpha value is -0.470. The van der Waals surface area contributed by atoms with Crippen LogP contribution in [0.1, 0.15) is 44.6 Å². The van der Waals surface area contributed by atoms with Crippen molar-refractivity contribution in [2.75, 3.05) is 18.1 Å². The maximum absolute atomic E-state index is 3.78. The second-order valence-electron chi connectivity index (χ2n) is 5.97. The summed E-state index contributed by atoms with van der Waals surface area (Å²) in [7, 11) is 0. The summed E-state index contributed by atoms with van der Waals surface area (Å²) in [5.74, 6) is 3.72. The lowest BCUT2D eigenvalue weighted by Crippen LogP contribution is -2.33. The van der Waals surface area contributed by atoms with E-state index in [4.69, 9.17) is 0 Å². The van der Waals surface area contributed by atoms with Crippen LogP contribution in [0.5, 0.6) is 0 Å². The van der Waals surface area contributed by atoms with Crippen molar-refractivity contribution >= 4 is 11.8 Å². The lowest BCUT2D eigenvalue weighted by Gasteiger charge is -2.27. The molecule has 112 valence electrons. The molecular weight excluding hydrogens is 262 g/mol. The van der Waals surface area contributed by atoms with E-state index in [-0.39, 0.29) is 0 Å². The molecule has 1 aromatic rings. The average molecular weight is 292 g/mol. The molecule has 1 aromatic carbocycles. The minimum absolute atomic E-state index is 0.711. The first kappa shape index (κ1) is 15.9. The molecule has 1 N–H and O–H groups in total. The fourth-order valence-corrected chi connectivity index (χ4v) is 4.23. The molecule has 0 spiro atoms. The van der Waals surface area contributed by atoms with E-state index in [2.05, 4.69) is 54.3 Å². The Morgan fingerprint density at radius 1 is 1.20 bits per heavy atom. The number of rotatable bonds is 8. The van der Waals surface area contributed by atoms with Crippen molar-refractivity contribution in [3.63, 3.8) is 0 Å². The van der Waals surface area contributed by atoms with E-state index in [9.17, 15) is 0 Å². The maximum Gasteiger partial charge on any atom is 0.00728 e. The summed E-state index contributed by atoms with van der Waals surface area (Å²) >= 11 is 2.13. The topological polar surface area (TPSA) is 12.0 Å². The molecule has 2 heteroatoms. The summed E-state index contributed by atoms with van der Waals surface area (Å²) in [5, 5.41) is 3.78. The third-order valence-corrected chi connectivity index (χ3v) is 5.31. The van der Waals surface area contributed by atoms with Gasteiger partial charge in [0.05, 0.1) is 0 Å². The highest BCUT2D eigenvalue weighted by Crippen LogP contribution is 2.27. The molecule has 0 radical (unpaired) electrons. The van der Waals surface area contributed by atoms with E-state index in [0.717, 1.165) is 5.92 Å². The Labute approximate surface area is 128 Å². The summed E-state index contributed by atoms with van der Waals surface area (Å²) in [4.78, 5) is 0. The SMILES string of the molecule is CCCNC(CCc1ccccc1)CC1CCSCC1. The van der Waals surface area contributed by atoms with Gasteiger partial charge < -0.3 is 5.32 Å². The van der Waals surface area contributed by atoms with Gasteiger partial charge in [-0.15, -0.1) is 0 Å². The number of nitrogens with one attached hydrogen (secondary N) is 1. The summed E-state index contributed by atoms with van der Waals surface area (Å²) in [6, 6.07) is 11.6. The van der Waals surface area contributed by atoms with Gasteiger partial charge in [0.15, 0.2) is 0 Å². The Bertz CT molecular complexity index is 346. The highest BCUT2D eigenvalue weighted by molar-refractivity contribution is 7.99. The zero-order valence-corrected chi connectivity index (χ0v) is 13.6. The lowest BCUT2D eigenvalue weighted by molar-refractivity contribution is 0.351. The van der Waals surface area contributed by atoms with Crippen LogP contribution in [-0.4, -0.2) is 24.1 Å². The van der Waals surface area contributed by atoms with Gasteiger partial charge in [0.2, 0.25) is 0 Å². The fourth-order valence-electron chi connectivity index (χ4n) is 3.02. The van der Waals surface area contributed by atoms with Crippen LogP contribution in [0.15, 0.2) is 30.3 Å². The van der Waals surface area contributed by atoms with Crippen molar-refractivity contribution < 1.29 is 0 Å². The predicted molar refractivity (Wildman–Crippen MR) is 91.5 cm³/mol. The van der Waals surface area contributed by atoms with Crippen molar-refractivity contribution in [2.45, 2.75) is 51.5 Å². The summed E-state index contributed by atoms with van der Waals surface area (Å²) in [6.07, 6.45) is 7.98. The van der Waals surface area contributed by atoms with Gasteiger partial charge in [-0.2, -0.15) is 11.8 Å². The minimum atomic E-state index is 0.711. The Kier molecular flexibility index (Phi) is 7.53. The Balaban J connectivity index is 1.79. The maximum atomic E-state index is 3.78. The molecular formula is C18H29NS. The van der Waals surface area contributed by atoms with Crippen LogP contribution in [0.25, 0.3) is 0 Å². The van der Waals surface area contributed by atoms with Crippen LogP contribution in [-0.2, 0) is 6.42 Å². The fraction of sp³-hybridized carbons (Fsp3) is 0.667. The van der Waals surface area contributed by atoms with E-state index in [1.165, 1.54) is 62.1 Å². The van der Waals surface area contributed by atoms with E-state index in [0.29, 0.717) is 6.04 Å². The van der Waals surface area contributed by atoms with Gasteiger partial charge in [-0.25, -0.2) is 0 Å². The molecule has 0 saturated carbocycles. The van der Waals surface area contributed by atoms with E-state index in [1.54, 1.807) is 0 Å². The van der Waals surface area contributed by atoms with Gasteiger partial charge in [0.25, 0.3) is 0 Å². The van der Waals surface area contributed by atoms with Gasteiger partial charge in [-0.05, 0) is 68.1 Å². The van der Waals surface area contributed by atoms with Crippen LogP contribution in [0.2, 0.25) is 0 Å². The zero-order chi connectivity index (χ0) is 14.0. The van der Waals surface area contributed by atoms with Crippen molar-refractivity contribution in [2.24, 2.45) is 5.92 Å². The van der Waals surface area contributed by atoms with E-state index < -0.39 is 0 Å². The predicted octanol–water partition coefficient (Wildman–Crippen LogP) is 4.52. The number of hydrogen-bond acceptors (Lipinski definition) is 2. The molecule has 20 heavy (non-hydrogen) atoms. The molecule has 1 fully saturated rings. The van der Waals surface area contributed by atoms with Crippen molar-refractivity contribution in [3.05, 3.63) is 35.9 Å². The van der Waals surface area contributed by atoms with Crippen LogP contribution in [0, 0.1) is 5.92 Å². The van der Waals surface area contributed by atoms with Crippen molar-refractivity contribution in [3.8, 4) is 0 Å². The molecule has 1 aliphatic heterocycles.